The standard InChI is InChI=1S/C12H25N/c1-5-11(3)8-7-9-13-10-12(4)6-2/h9,11-12H,5-8,10H2,1-4H3/b13-9-. The summed E-state index contributed by atoms with van der Waals surface area (Å²) in [5.74, 6) is 1.61. The Morgan fingerprint density at radius 3 is 2.23 bits per heavy atom. The second kappa shape index (κ2) is 8.28. The van der Waals surface area contributed by atoms with Gasteiger partial charge in [0, 0.05) is 6.54 Å². The summed E-state index contributed by atoms with van der Waals surface area (Å²) in [6.07, 6.45) is 7.09. The van der Waals surface area contributed by atoms with Crippen molar-refractivity contribution in [3.8, 4) is 0 Å². The van der Waals surface area contributed by atoms with Gasteiger partial charge >= 0.3 is 0 Å². The van der Waals surface area contributed by atoms with E-state index in [4.69, 9.17) is 0 Å². The molecule has 0 heterocycles. The summed E-state index contributed by atoms with van der Waals surface area (Å²) < 4.78 is 0. The zero-order chi connectivity index (χ0) is 10.1. The predicted octanol–water partition coefficient (Wildman–Crippen LogP) is 3.93. The van der Waals surface area contributed by atoms with Crippen LogP contribution in [0.4, 0.5) is 0 Å². The van der Waals surface area contributed by atoms with Crippen molar-refractivity contribution in [2.75, 3.05) is 6.54 Å². The van der Waals surface area contributed by atoms with Crippen molar-refractivity contribution in [1.82, 2.24) is 0 Å². The molecule has 0 N–H and O–H groups in total. The average Bonchev–Trinajstić information content (AvgIpc) is 2.16. The Morgan fingerprint density at radius 1 is 1.08 bits per heavy atom. The Labute approximate surface area is 83.6 Å². The van der Waals surface area contributed by atoms with E-state index in [1.807, 2.05) is 0 Å². The lowest BCUT2D eigenvalue weighted by molar-refractivity contribution is 0.528. The molecule has 0 aromatic heterocycles. The molecule has 78 valence electrons. The molecule has 0 spiro atoms. The van der Waals surface area contributed by atoms with Crippen LogP contribution >= 0.6 is 0 Å². The third-order valence-electron chi connectivity index (χ3n) is 2.73. The predicted molar refractivity (Wildman–Crippen MR) is 61.5 cm³/mol. The minimum Gasteiger partial charge on any atom is -0.297 e. The first-order valence-electron chi connectivity index (χ1n) is 5.68. The van der Waals surface area contributed by atoms with E-state index in [0.717, 1.165) is 24.8 Å². The molecule has 0 radical (unpaired) electrons. The van der Waals surface area contributed by atoms with Crippen molar-refractivity contribution in [3.63, 3.8) is 0 Å². The molecule has 0 amide bonds. The van der Waals surface area contributed by atoms with E-state index in [2.05, 4.69) is 38.9 Å². The molecular weight excluding hydrogens is 158 g/mol. The van der Waals surface area contributed by atoms with Gasteiger partial charge in [0.2, 0.25) is 0 Å². The van der Waals surface area contributed by atoms with Gasteiger partial charge in [0.25, 0.3) is 0 Å². The van der Waals surface area contributed by atoms with E-state index in [-0.39, 0.29) is 0 Å². The van der Waals surface area contributed by atoms with Gasteiger partial charge in [-0.15, -0.1) is 0 Å². The highest BCUT2D eigenvalue weighted by molar-refractivity contribution is 5.56. The van der Waals surface area contributed by atoms with E-state index in [9.17, 15) is 0 Å². The summed E-state index contributed by atoms with van der Waals surface area (Å²) in [5.41, 5.74) is 0. The fraction of sp³-hybridized carbons (Fsp3) is 0.917. The second-order valence-corrected chi connectivity index (χ2v) is 4.15. The SMILES string of the molecule is CCC(C)CC/C=N\CC(C)CC. The van der Waals surface area contributed by atoms with Crippen molar-refractivity contribution < 1.29 is 0 Å². The van der Waals surface area contributed by atoms with Crippen LogP contribution in [0, 0.1) is 11.8 Å². The lowest BCUT2D eigenvalue weighted by atomic mass is 10.0. The average molecular weight is 183 g/mol. The van der Waals surface area contributed by atoms with E-state index in [1.165, 1.54) is 19.3 Å². The summed E-state index contributed by atoms with van der Waals surface area (Å²) >= 11 is 0. The highest BCUT2D eigenvalue weighted by atomic mass is 14.7. The summed E-state index contributed by atoms with van der Waals surface area (Å²) in [6.45, 7) is 10.0. The maximum atomic E-state index is 4.42. The Kier molecular flexibility index (Phi) is 8.07. The van der Waals surface area contributed by atoms with Gasteiger partial charge in [0.1, 0.15) is 0 Å². The smallest absolute Gasteiger partial charge is 0.0410 e. The summed E-state index contributed by atoms with van der Waals surface area (Å²) in [7, 11) is 0. The molecule has 0 aromatic rings. The van der Waals surface area contributed by atoms with Crippen LogP contribution in [0.2, 0.25) is 0 Å². The summed E-state index contributed by atoms with van der Waals surface area (Å²) in [6, 6.07) is 0. The molecule has 0 aliphatic rings. The number of hydrogen-bond donors (Lipinski definition) is 0. The molecule has 1 heteroatoms. The second-order valence-electron chi connectivity index (χ2n) is 4.15. The maximum absolute atomic E-state index is 4.42. The first kappa shape index (κ1) is 12.7. The van der Waals surface area contributed by atoms with Crippen LogP contribution in [0.5, 0.6) is 0 Å². The van der Waals surface area contributed by atoms with Crippen LogP contribution in [-0.2, 0) is 0 Å². The van der Waals surface area contributed by atoms with Gasteiger partial charge in [-0.1, -0.05) is 40.5 Å². The van der Waals surface area contributed by atoms with Gasteiger partial charge in [-0.3, -0.25) is 4.99 Å². The fourth-order valence-electron chi connectivity index (χ4n) is 1.04. The molecular formula is C12H25N. The molecule has 0 aliphatic carbocycles. The maximum Gasteiger partial charge on any atom is 0.0410 e. The Bertz CT molecular complexity index is 129. The third kappa shape index (κ3) is 8.01. The molecule has 2 unspecified atom stereocenters. The zero-order valence-corrected chi connectivity index (χ0v) is 9.71. The molecule has 0 fully saturated rings. The number of rotatable bonds is 7. The van der Waals surface area contributed by atoms with E-state index >= 15 is 0 Å². The topological polar surface area (TPSA) is 12.4 Å². The highest BCUT2D eigenvalue weighted by Crippen LogP contribution is 2.07. The summed E-state index contributed by atoms with van der Waals surface area (Å²) in [4.78, 5) is 4.42. The molecule has 13 heavy (non-hydrogen) atoms. The Morgan fingerprint density at radius 2 is 1.69 bits per heavy atom. The number of nitrogens with zero attached hydrogens (tertiary/aromatic N) is 1. The molecule has 0 bridgehead atoms. The third-order valence-corrected chi connectivity index (χ3v) is 2.73. The van der Waals surface area contributed by atoms with Gasteiger partial charge in [-0.05, 0) is 30.9 Å². The lowest BCUT2D eigenvalue weighted by Crippen LogP contribution is -1.97. The fourth-order valence-corrected chi connectivity index (χ4v) is 1.04. The highest BCUT2D eigenvalue weighted by Gasteiger charge is 1.96. The quantitative estimate of drug-likeness (QED) is 0.530. The molecule has 0 rings (SSSR count). The van der Waals surface area contributed by atoms with Crippen LogP contribution in [0.15, 0.2) is 4.99 Å². The first-order valence-corrected chi connectivity index (χ1v) is 5.68. The lowest BCUT2D eigenvalue weighted by Gasteiger charge is -2.05. The monoisotopic (exact) mass is 183 g/mol. The van der Waals surface area contributed by atoms with E-state index in [0.29, 0.717) is 0 Å². The van der Waals surface area contributed by atoms with Gasteiger partial charge in [-0.2, -0.15) is 0 Å². The van der Waals surface area contributed by atoms with E-state index in [1.54, 1.807) is 0 Å². The molecule has 0 aromatic carbocycles. The minimum absolute atomic E-state index is 0.750. The van der Waals surface area contributed by atoms with Crippen molar-refractivity contribution in [1.29, 1.82) is 0 Å². The molecule has 0 saturated carbocycles. The van der Waals surface area contributed by atoms with Gasteiger partial charge < -0.3 is 0 Å². The van der Waals surface area contributed by atoms with Crippen LogP contribution in [-0.4, -0.2) is 12.8 Å². The molecule has 0 aliphatic heterocycles. The largest absolute Gasteiger partial charge is 0.297 e. The first-order chi connectivity index (χ1) is 6.20. The van der Waals surface area contributed by atoms with Crippen molar-refractivity contribution >= 4 is 6.21 Å². The zero-order valence-electron chi connectivity index (χ0n) is 9.71. The van der Waals surface area contributed by atoms with Crippen LogP contribution in [0.25, 0.3) is 0 Å². The van der Waals surface area contributed by atoms with Crippen molar-refractivity contribution in [3.05, 3.63) is 0 Å². The Balaban J connectivity index is 3.31. The Hall–Kier alpha value is -0.330. The van der Waals surface area contributed by atoms with Gasteiger partial charge in [-0.25, -0.2) is 0 Å². The normalized spacial score (nSPS) is 16.3. The van der Waals surface area contributed by atoms with Crippen molar-refractivity contribution in [2.24, 2.45) is 16.8 Å². The minimum atomic E-state index is 0.750. The van der Waals surface area contributed by atoms with E-state index < -0.39 is 0 Å². The molecule has 1 nitrogen and oxygen atoms in total. The van der Waals surface area contributed by atoms with Gasteiger partial charge in [0.05, 0.1) is 0 Å². The van der Waals surface area contributed by atoms with Crippen molar-refractivity contribution in [2.45, 2.75) is 53.4 Å². The van der Waals surface area contributed by atoms with Crippen LogP contribution < -0.4 is 0 Å². The summed E-state index contributed by atoms with van der Waals surface area (Å²) in [5, 5.41) is 0. The number of hydrogen-bond acceptors (Lipinski definition) is 1. The van der Waals surface area contributed by atoms with Gasteiger partial charge in [0.15, 0.2) is 0 Å². The molecule has 2 atom stereocenters. The number of aliphatic imine (C=N–C) groups is 1. The van der Waals surface area contributed by atoms with Crippen LogP contribution in [0.3, 0.4) is 0 Å². The molecule has 0 saturated heterocycles. The van der Waals surface area contributed by atoms with Crippen LogP contribution in [0.1, 0.15) is 53.4 Å².